The van der Waals surface area contributed by atoms with Gasteiger partial charge in [0, 0.05) is 5.57 Å². The van der Waals surface area contributed by atoms with Gasteiger partial charge in [0.1, 0.15) is 5.75 Å². The summed E-state index contributed by atoms with van der Waals surface area (Å²) in [6.45, 7) is 6.16. The number of benzene rings is 1. The van der Waals surface area contributed by atoms with Gasteiger partial charge < -0.3 is 4.74 Å². The van der Waals surface area contributed by atoms with E-state index in [-0.39, 0.29) is 5.97 Å². The third-order valence-corrected chi connectivity index (χ3v) is 5.57. The van der Waals surface area contributed by atoms with Crippen molar-refractivity contribution in [2.75, 3.05) is 0 Å². The lowest BCUT2D eigenvalue weighted by atomic mass is 10.0. The summed E-state index contributed by atoms with van der Waals surface area (Å²) >= 11 is 0. The van der Waals surface area contributed by atoms with Crippen LogP contribution in [0.2, 0.25) is 0 Å². The van der Waals surface area contributed by atoms with E-state index < -0.39 is 0 Å². The Bertz CT molecular complexity index is 521. The molecule has 29 heavy (non-hydrogen) atoms. The van der Waals surface area contributed by atoms with E-state index in [0.29, 0.717) is 11.3 Å². The van der Waals surface area contributed by atoms with E-state index in [1.54, 1.807) is 12.1 Å². The number of unbranched alkanes of at least 4 members (excludes halogenated alkanes) is 15. The van der Waals surface area contributed by atoms with E-state index in [9.17, 15) is 4.79 Å². The van der Waals surface area contributed by atoms with Crippen LogP contribution in [0.15, 0.2) is 42.5 Å². The fourth-order valence-corrected chi connectivity index (χ4v) is 3.66. The molecule has 0 N–H and O–H groups in total. The first-order chi connectivity index (χ1) is 14.2. The van der Waals surface area contributed by atoms with Crippen molar-refractivity contribution in [1.82, 2.24) is 0 Å². The molecule has 0 unspecified atom stereocenters. The molecule has 1 aromatic carbocycles. The SMILES string of the molecule is C=C(CCCCCCCCCCCCCCCCCC)C(=O)Oc1ccccc1. The van der Waals surface area contributed by atoms with Crippen molar-refractivity contribution in [2.24, 2.45) is 0 Å². The summed E-state index contributed by atoms with van der Waals surface area (Å²) in [7, 11) is 0. The van der Waals surface area contributed by atoms with E-state index in [0.717, 1.165) is 12.8 Å². The Kier molecular flexibility index (Phi) is 16.2. The second-order valence-electron chi connectivity index (χ2n) is 8.36. The van der Waals surface area contributed by atoms with Gasteiger partial charge in [-0.15, -0.1) is 0 Å². The Balaban J connectivity index is 1.83. The zero-order valence-electron chi connectivity index (χ0n) is 18.9. The maximum Gasteiger partial charge on any atom is 0.338 e. The number of hydrogen-bond acceptors (Lipinski definition) is 2. The lowest BCUT2D eigenvalue weighted by Crippen LogP contribution is -2.10. The van der Waals surface area contributed by atoms with Gasteiger partial charge in [-0.25, -0.2) is 4.79 Å². The maximum atomic E-state index is 12.0. The Hall–Kier alpha value is -1.57. The highest BCUT2D eigenvalue weighted by Crippen LogP contribution is 2.16. The normalized spacial score (nSPS) is 10.8. The number of carbonyl (C=O) groups is 1. The van der Waals surface area contributed by atoms with E-state index in [4.69, 9.17) is 4.74 Å². The van der Waals surface area contributed by atoms with Gasteiger partial charge in [0.2, 0.25) is 0 Å². The van der Waals surface area contributed by atoms with Gasteiger partial charge in [0.15, 0.2) is 0 Å². The monoisotopic (exact) mass is 400 g/mol. The molecule has 1 rings (SSSR count). The number of carbonyl (C=O) groups excluding carboxylic acids is 1. The highest BCUT2D eigenvalue weighted by Gasteiger charge is 2.09. The summed E-state index contributed by atoms with van der Waals surface area (Å²) < 4.78 is 5.32. The summed E-state index contributed by atoms with van der Waals surface area (Å²) in [5, 5.41) is 0. The highest BCUT2D eigenvalue weighted by molar-refractivity contribution is 5.89. The summed E-state index contributed by atoms with van der Waals surface area (Å²) in [5.41, 5.74) is 0.583. The maximum absolute atomic E-state index is 12.0. The van der Waals surface area contributed by atoms with E-state index in [2.05, 4.69) is 13.5 Å². The van der Waals surface area contributed by atoms with Crippen LogP contribution in [-0.2, 0) is 4.79 Å². The summed E-state index contributed by atoms with van der Waals surface area (Å²) in [4.78, 5) is 12.0. The largest absolute Gasteiger partial charge is 0.423 e. The van der Waals surface area contributed by atoms with Crippen molar-refractivity contribution in [3.05, 3.63) is 42.5 Å². The van der Waals surface area contributed by atoms with Crippen molar-refractivity contribution in [2.45, 2.75) is 116 Å². The number of rotatable bonds is 19. The summed E-state index contributed by atoms with van der Waals surface area (Å²) in [6.07, 6.45) is 22.4. The molecule has 0 radical (unpaired) electrons. The summed E-state index contributed by atoms with van der Waals surface area (Å²) in [5.74, 6) is 0.294. The van der Waals surface area contributed by atoms with Gasteiger partial charge >= 0.3 is 5.97 Å². The highest BCUT2D eigenvalue weighted by atomic mass is 16.5. The Labute approximate surface area is 180 Å². The van der Waals surface area contributed by atoms with Crippen LogP contribution in [0.3, 0.4) is 0 Å². The van der Waals surface area contributed by atoms with Crippen LogP contribution in [0.25, 0.3) is 0 Å². The molecular weight excluding hydrogens is 356 g/mol. The molecule has 0 spiro atoms. The molecule has 0 aromatic heterocycles. The molecule has 2 heteroatoms. The smallest absolute Gasteiger partial charge is 0.338 e. The van der Waals surface area contributed by atoms with Gasteiger partial charge in [-0.2, -0.15) is 0 Å². The second-order valence-corrected chi connectivity index (χ2v) is 8.36. The van der Waals surface area contributed by atoms with Crippen LogP contribution in [-0.4, -0.2) is 5.97 Å². The number of hydrogen-bond donors (Lipinski definition) is 0. The number of para-hydroxylation sites is 1. The lowest BCUT2D eigenvalue weighted by molar-refractivity contribution is -0.130. The Morgan fingerprint density at radius 1 is 0.690 bits per heavy atom. The average Bonchev–Trinajstić information content (AvgIpc) is 2.74. The molecule has 0 amide bonds. The fourth-order valence-electron chi connectivity index (χ4n) is 3.66. The fraction of sp³-hybridized carbons (Fsp3) is 0.667. The minimum atomic E-state index is -0.294. The Morgan fingerprint density at radius 2 is 1.10 bits per heavy atom. The molecule has 0 aliphatic rings. The lowest BCUT2D eigenvalue weighted by Gasteiger charge is -2.07. The van der Waals surface area contributed by atoms with Gasteiger partial charge in [-0.05, 0) is 25.0 Å². The van der Waals surface area contributed by atoms with Crippen molar-refractivity contribution >= 4 is 5.97 Å². The zero-order chi connectivity index (χ0) is 21.0. The van der Waals surface area contributed by atoms with Crippen LogP contribution >= 0.6 is 0 Å². The molecular formula is C27H44O2. The van der Waals surface area contributed by atoms with Crippen molar-refractivity contribution in [3.63, 3.8) is 0 Å². The molecule has 1 aromatic rings. The minimum absolute atomic E-state index is 0.294. The van der Waals surface area contributed by atoms with E-state index in [1.807, 2.05) is 18.2 Å². The van der Waals surface area contributed by atoms with E-state index >= 15 is 0 Å². The van der Waals surface area contributed by atoms with Crippen molar-refractivity contribution in [1.29, 1.82) is 0 Å². The first-order valence-electron chi connectivity index (χ1n) is 12.2. The molecule has 0 bridgehead atoms. The van der Waals surface area contributed by atoms with E-state index in [1.165, 1.54) is 96.3 Å². The molecule has 0 aliphatic carbocycles. The summed E-state index contributed by atoms with van der Waals surface area (Å²) in [6, 6.07) is 9.21. The first-order valence-corrected chi connectivity index (χ1v) is 12.2. The third kappa shape index (κ3) is 15.0. The first kappa shape index (κ1) is 25.5. The molecule has 0 saturated carbocycles. The Morgan fingerprint density at radius 3 is 1.55 bits per heavy atom. The van der Waals surface area contributed by atoms with Crippen molar-refractivity contribution < 1.29 is 9.53 Å². The molecule has 0 heterocycles. The van der Waals surface area contributed by atoms with Gasteiger partial charge in [-0.3, -0.25) is 0 Å². The van der Waals surface area contributed by atoms with Crippen LogP contribution in [0.4, 0.5) is 0 Å². The third-order valence-electron chi connectivity index (χ3n) is 5.57. The predicted molar refractivity (Wildman–Crippen MR) is 125 cm³/mol. The molecule has 0 atom stereocenters. The second kappa shape index (κ2) is 18.5. The minimum Gasteiger partial charge on any atom is -0.423 e. The number of ether oxygens (including phenoxy) is 1. The van der Waals surface area contributed by atoms with Crippen LogP contribution < -0.4 is 4.74 Å². The zero-order valence-corrected chi connectivity index (χ0v) is 18.9. The van der Waals surface area contributed by atoms with Crippen LogP contribution in [0.1, 0.15) is 116 Å². The standard InChI is InChI=1S/C27H44O2/c1-3-4-5-6-7-8-9-10-11-12-13-14-15-16-17-19-22-25(2)27(28)29-26-23-20-18-21-24-26/h18,20-21,23-24H,2-17,19,22H2,1H3. The quantitative estimate of drug-likeness (QED) is 0.100. The average molecular weight is 401 g/mol. The topological polar surface area (TPSA) is 26.3 Å². The predicted octanol–water partition coefficient (Wildman–Crippen LogP) is 8.80. The van der Waals surface area contributed by atoms with Crippen molar-refractivity contribution in [3.8, 4) is 5.75 Å². The molecule has 0 fully saturated rings. The van der Waals surface area contributed by atoms with Crippen LogP contribution in [0, 0.1) is 0 Å². The van der Waals surface area contributed by atoms with Crippen LogP contribution in [0.5, 0.6) is 5.75 Å². The molecule has 2 nitrogen and oxygen atoms in total. The van der Waals surface area contributed by atoms with Gasteiger partial charge in [0.05, 0.1) is 0 Å². The molecule has 0 saturated heterocycles. The molecule has 0 aliphatic heterocycles. The van der Waals surface area contributed by atoms with Gasteiger partial charge in [0.25, 0.3) is 0 Å². The van der Waals surface area contributed by atoms with Gasteiger partial charge in [-0.1, -0.05) is 128 Å². The molecule has 164 valence electrons. The number of esters is 1.